The van der Waals surface area contributed by atoms with Gasteiger partial charge in [-0.25, -0.2) is 13.2 Å². The Kier molecular flexibility index (Phi) is 6.91. The number of nitrogens with one attached hydrogen (secondary N) is 2. The zero-order valence-electron chi connectivity index (χ0n) is 16.6. The molecule has 7 nitrogen and oxygen atoms in total. The van der Waals surface area contributed by atoms with Crippen LogP contribution in [0.1, 0.15) is 12.5 Å². The van der Waals surface area contributed by atoms with E-state index in [0.717, 1.165) is 11.6 Å². The van der Waals surface area contributed by atoms with E-state index in [2.05, 4.69) is 20.8 Å². The molecule has 0 aliphatic carbocycles. The van der Waals surface area contributed by atoms with Crippen LogP contribution in [0.15, 0.2) is 34.7 Å². The Bertz CT molecular complexity index is 1010. The van der Waals surface area contributed by atoms with Gasteiger partial charge in [-0.1, -0.05) is 18.1 Å². The van der Waals surface area contributed by atoms with E-state index in [1.807, 2.05) is 6.92 Å². The van der Waals surface area contributed by atoms with E-state index >= 15 is 0 Å². The van der Waals surface area contributed by atoms with E-state index in [9.17, 15) is 13.2 Å². The summed E-state index contributed by atoms with van der Waals surface area (Å²) in [4.78, 5) is 0. The lowest BCUT2D eigenvalue weighted by Crippen LogP contribution is -2.23. The predicted octanol–water partition coefficient (Wildman–Crippen LogP) is 4.49. The average molecular weight is 422 g/mol. The number of aromatic nitrogens is 2. The highest BCUT2D eigenvalue weighted by Gasteiger charge is 2.21. The summed E-state index contributed by atoms with van der Waals surface area (Å²) in [6.45, 7) is 2.10. The molecule has 1 aromatic heterocycles. The van der Waals surface area contributed by atoms with E-state index < -0.39 is 23.7 Å². The standard InChI is InChI=1S/C20H21F3N4O3/c1-4-11-5-8-15(14(22)9-11)25-18-12(6-7-13(21)17(18)23)19-26-27-20(30-19)24-10-16(28-2)29-3/h5-9,16,25H,4,10H2,1-3H3,(H,24,27). The number of benzene rings is 2. The molecule has 0 amide bonds. The minimum absolute atomic E-state index is 0.0150. The molecule has 2 aromatic carbocycles. The second-order valence-corrected chi connectivity index (χ2v) is 6.27. The van der Waals surface area contributed by atoms with Gasteiger partial charge in [-0.05, 0) is 36.2 Å². The highest BCUT2D eigenvalue weighted by molar-refractivity contribution is 5.78. The Morgan fingerprint density at radius 1 is 1.03 bits per heavy atom. The lowest BCUT2D eigenvalue weighted by molar-refractivity contribution is -0.0916. The van der Waals surface area contributed by atoms with Crippen LogP contribution in [-0.4, -0.2) is 37.3 Å². The molecule has 0 saturated carbocycles. The third-order valence-corrected chi connectivity index (χ3v) is 4.40. The smallest absolute Gasteiger partial charge is 0.315 e. The number of rotatable bonds is 9. The third-order valence-electron chi connectivity index (χ3n) is 4.40. The summed E-state index contributed by atoms with van der Waals surface area (Å²) in [6.07, 6.45) is 0.0940. The zero-order chi connectivity index (χ0) is 21.7. The van der Waals surface area contributed by atoms with Crippen molar-refractivity contribution < 1.29 is 27.1 Å². The molecule has 0 saturated heterocycles. The minimum Gasteiger partial charge on any atom is -0.403 e. The third kappa shape index (κ3) is 4.71. The topological polar surface area (TPSA) is 81.4 Å². The van der Waals surface area contributed by atoms with Crippen LogP contribution >= 0.6 is 0 Å². The van der Waals surface area contributed by atoms with E-state index in [0.29, 0.717) is 6.42 Å². The molecule has 0 spiro atoms. The van der Waals surface area contributed by atoms with Gasteiger partial charge in [0, 0.05) is 14.2 Å². The predicted molar refractivity (Wildman–Crippen MR) is 105 cm³/mol. The first kappa shape index (κ1) is 21.6. The average Bonchev–Trinajstić information content (AvgIpc) is 3.22. The van der Waals surface area contributed by atoms with Crippen molar-refractivity contribution in [1.82, 2.24) is 10.2 Å². The van der Waals surface area contributed by atoms with Crippen molar-refractivity contribution in [2.75, 3.05) is 31.4 Å². The van der Waals surface area contributed by atoms with Crippen molar-refractivity contribution in [3.63, 3.8) is 0 Å². The van der Waals surface area contributed by atoms with Gasteiger partial charge in [0.2, 0.25) is 0 Å². The maximum atomic E-state index is 14.6. The molecule has 10 heteroatoms. The summed E-state index contributed by atoms with van der Waals surface area (Å²) in [5.41, 5.74) is 0.512. The first-order valence-corrected chi connectivity index (χ1v) is 9.13. The monoisotopic (exact) mass is 422 g/mol. The number of anilines is 3. The Hall–Kier alpha value is -3.11. The first-order valence-electron chi connectivity index (χ1n) is 9.13. The van der Waals surface area contributed by atoms with Crippen LogP contribution in [0.2, 0.25) is 0 Å². The Morgan fingerprint density at radius 2 is 1.80 bits per heavy atom. The Labute approximate surface area is 171 Å². The summed E-state index contributed by atoms with van der Waals surface area (Å²) in [5.74, 6) is -2.98. The lowest BCUT2D eigenvalue weighted by atomic mass is 10.1. The molecular formula is C20H21F3N4O3. The minimum atomic E-state index is -1.20. The molecule has 3 rings (SSSR count). The maximum absolute atomic E-state index is 14.6. The second-order valence-electron chi connectivity index (χ2n) is 6.27. The number of methoxy groups -OCH3 is 2. The van der Waals surface area contributed by atoms with Gasteiger partial charge in [0.05, 0.1) is 23.5 Å². The van der Waals surface area contributed by atoms with Gasteiger partial charge >= 0.3 is 6.01 Å². The molecular weight excluding hydrogens is 401 g/mol. The summed E-state index contributed by atoms with van der Waals surface area (Å²) in [6, 6.07) is 6.70. The highest BCUT2D eigenvalue weighted by Crippen LogP contribution is 2.34. The van der Waals surface area contributed by atoms with Crippen molar-refractivity contribution in [1.29, 1.82) is 0 Å². The van der Waals surface area contributed by atoms with Crippen LogP contribution < -0.4 is 10.6 Å². The fourth-order valence-corrected chi connectivity index (χ4v) is 2.70. The van der Waals surface area contributed by atoms with Crippen LogP contribution in [-0.2, 0) is 15.9 Å². The molecule has 30 heavy (non-hydrogen) atoms. The SMILES string of the molecule is CCc1ccc(Nc2c(-c3nnc(NCC(OC)OC)o3)ccc(F)c2F)c(F)c1. The zero-order valence-corrected chi connectivity index (χ0v) is 16.6. The molecule has 0 aliphatic heterocycles. The molecule has 2 N–H and O–H groups in total. The molecule has 0 fully saturated rings. The maximum Gasteiger partial charge on any atom is 0.315 e. The van der Waals surface area contributed by atoms with Gasteiger partial charge in [-0.2, -0.15) is 0 Å². The summed E-state index contributed by atoms with van der Waals surface area (Å²) in [5, 5.41) is 13.1. The number of aryl methyl sites for hydroxylation is 1. The van der Waals surface area contributed by atoms with E-state index in [4.69, 9.17) is 13.9 Å². The van der Waals surface area contributed by atoms with Gasteiger partial charge < -0.3 is 24.5 Å². The van der Waals surface area contributed by atoms with E-state index in [1.165, 1.54) is 32.4 Å². The highest BCUT2D eigenvalue weighted by atomic mass is 19.2. The summed E-state index contributed by atoms with van der Waals surface area (Å²) < 4.78 is 58.4. The second kappa shape index (κ2) is 9.59. The van der Waals surface area contributed by atoms with Crippen molar-refractivity contribution in [3.8, 4) is 11.5 Å². The Balaban J connectivity index is 1.91. The largest absolute Gasteiger partial charge is 0.403 e. The molecule has 0 radical (unpaired) electrons. The van der Waals surface area contributed by atoms with Gasteiger partial charge in [-0.15, -0.1) is 5.10 Å². The van der Waals surface area contributed by atoms with Crippen molar-refractivity contribution in [2.24, 2.45) is 0 Å². The number of nitrogens with zero attached hydrogens (tertiary/aromatic N) is 2. The number of halogens is 3. The van der Waals surface area contributed by atoms with Crippen LogP contribution in [0.4, 0.5) is 30.6 Å². The molecule has 3 aromatic rings. The number of hydrogen-bond acceptors (Lipinski definition) is 7. The number of hydrogen-bond donors (Lipinski definition) is 2. The number of ether oxygens (including phenoxy) is 2. The van der Waals surface area contributed by atoms with Crippen molar-refractivity contribution >= 4 is 17.4 Å². The molecule has 0 aliphatic rings. The van der Waals surface area contributed by atoms with Gasteiger partial charge in [0.25, 0.3) is 5.89 Å². The Morgan fingerprint density at radius 3 is 2.47 bits per heavy atom. The summed E-state index contributed by atoms with van der Waals surface area (Å²) >= 11 is 0. The molecule has 0 unspecified atom stereocenters. The van der Waals surface area contributed by atoms with Gasteiger partial charge in [-0.3, -0.25) is 0 Å². The van der Waals surface area contributed by atoms with Crippen molar-refractivity contribution in [2.45, 2.75) is 19.6 Å². The first-order chi connectivity index (χ1) is 14.5. The van der Waals surface area contributed by atoms with Crippen LogP contribution in [0.5, 0.6) is 0 Å². The van der Waals surface area contributed by atoms with Crippen LogP contribution in [0.25, 0.3) is 11.5 Å². The fourth-order valence-electron chi connectivity index (χ4n) is 2.70. The van der Waals surface area contributed by atoms with Crippen LogP contribution in [0.3, 0.4) is 0 Å². The quantitative estimate of drug-likeness (QED) is 0.492. The van der Waals surface area contributed by atoms with E-state index in [1.54, 1.807) is 6.07 Å². The van der Waals surface area contributed by atoms with Gasteiger partial charge in [0.1, 0.15) is 5.82 Å². The molecule has 1 heterocycles. The molecule has 0 bridgehead atoms. The lowest BCUT2D eigenvalue weighted by Gasteiger charge is -2.13. The normalized spacial score (nSPS) is 11.2. The molecule has 160 valence electrons. The molecule has 0 atom stereocenters. The fraction of sp³-hybridized carbons (Fsp3) is 0.300. The van der Waals surface area contributed by atoms with E-state index in [-0.39, 0.29) is 35.4 Å². The van der Waals surface area contributed by atoms with Gasteiger partial charge in [0.15, 0.2) is 17.9 Å². The van der Waals surface area contributed by atoms with Crippen LogP contribution in [0, 0.1) is 17.5 Å². The summed E-state index contributed by atoms with van der Waals surface area (Å²) in [7, 11) is 2.95. The van der Waals surface area contributed by atoms with Crippen molar-refractivity contribution in [3.05, 3.63) is 53.3 Å².